The van der Waals surface area contributed by atoms with Crippen LogP contribution in [0.5, 0.6) is 11.5 Å². The fourth-order valence-corrected chi connectivity index (χ4v) is 4.21. The zero-order valence-corrected chi connectivity index (χ0v) is 19.9. The van der Waals surface area contributed by atoms with Crippen molar-refractivity contribution in [1.82, 2.24) is 15.5 Å². The quantitative estimate of drug-likeness (QED) is 0.382. The van der Waals surface area contributed by atoms with Crippen LogP contribution in [0.15, 0.2) is 83.0 Å². The number of hydrogen-bond acceptors (Lipinski definition) is 6. The number of allylic oxidation sites excluding steroid dienone is 1. The van der Waals surface area contributed by atoms with Crippen LogP contribution >= 0.6 is 0 Å². The van der Waals surface area contributed by atoms with Crippen molar-refractivity contribution in [3.8, 4) is 22.9 Å². The lowest BCUT2D eigenvalue weighted by Crippen LogP contribution is -2.46. The van der Waals surface area contributed by atoms with Gasteiger partial charge in [0.15, 0.2) is 11.6 Å². The van der Waals surface area contributed by atoms with Gasteiger partial charge in [-0.3, -0.25) is 4.90 Å². The van der Waals surface area contributed by atoms with Gasteiger partial charge in [-0.15, -0.1) is 0 Å². The van der Waals surface area contributed by atoms with Crippen molar-refractivity contribution in [1.29, 1.82) is 0 Å². The normalized spacial score (nSPS) is 15.6. The number of ether oxygens (including phenoxy) is 2. The van der Waals surface area contributed by atoms with Crippen LogP contribution in [0.3, 0.4) is 0 Å². The summed E-state index contributed by atoms with van der Waals surface area (Å²) in [5.41, 5.74) is 3.18. The molecule has 0 fully saturated rings. The number of halogens is 1. The molecule has 1 atom stereocenters. The molecule has 1 aliphatic heterocycles. The molecule has 182 valence electrons. The third-order valence-corrected chi connectivity index (χ3v) is 6.01. The molecule has 3 aromatic carbocycles. The van der Waals surface area contributed by atoms with Crippen LogP contribution in [0, 0.1) is 5.82 Å². The second kappa shape index (κ2) is 9.53. The van der Waals surface area contributed by atoms with Gasteiger partial charge >= 0.3 is 6.03 Å². The van der Waals surface area contributed by atoms with Gasteiger partial charge in [0.05, 0.1) is 31.5 Å². The molecular weight excluding hydrogens is 463 g/mol. The third-order valence-electron chi connectivity index (χ3n) is 6.01. The molecule has 1 aliphatic rings. The molecule has 0 bridgehead atoms. The van der Waals surface area contributed by atoms with Gasteiger partial charge in [0, 0.05) is 11.3 Å². The van der Waals surface area contributed by atoms with Gasteiger partial charge < -0.3 is 19.3 Å². The summed E-state index contributed by atoms with van der Waals surface area (Å²) in [4.78, 5) is 19.4. The minimum absolute atomic E-state index is 0.120. The molecule has 0 aliphatic carbocycles. The molecule has 2 heterocycles. The van der Waals surface area contributed by atoms with Crippen LogP contribution in [0.1, 0.15) is 24.4 Å². The van der Waals surface area contributed by atoms with Crippen LogP contribution in [0.4, 0.5) is 14.9 Å². The molecule has 0 saturated carbocycles. The predicted molar refractivity (Wildman–Crippen MR) is 132 cm³/mol. The Labute approximate surface area is 207 Å². The van der Waals surface area contributed by atoms with Gasteiger partial charge in [-0.05, 0) is 55.0 Å². The van der Waals surface area contributed by atoms with E-state index in [9.17, 15) is 9.18 Å². The maximum Gasteiger partial charge on any atom is 0.326 e. The maximum absolute atomic E-state index is 14.3. The molecule has 36 heavy (non-hydrogen) atoms. The first-order chi connectivity index (χ1) is 17.5. The van der Waals surface area contributed by atoms with E-state index >= 15 is 0 Å². The molecule has 8 nitrogen and oxygen atoms in total. The molecule has 1 N–H and O–H groups in total. The fourth-order valence-electron chi connectivity index (χ4n) is 4.21. The number of nitrogens with one attached hydrogen (secondary N) is 1. The van der Waals surface area contributed by atoms with Crippen molar-refractivity contribution < 1.29 is 23.2 Å². The van der Waals surface area contributed by atoms with Crippen molar-refractivity contribution in [2.24, 2.45) is 0 Å². The molecule has 0 saturated heterocycles. The average Bonchev–Trinajstić information content (AvgIpc) is 3.39. The predicted octanol–water partition coefficient (Wildman–Crippen LogP) is 5.60. The summed E-state index contributed by atoms with van der Waals surface area (Å²) in [6, 6.07) is 20.2. The number of para-hydroxylation sites is 1. The highest BCUT2D eigenvalue weighted by Gasteiger charge is 2.36. The minimum Gasteiger partial charge on any atom is -0.497 e. The van der Waals surface area contributed by atoms with Gasteiger partial charge in [0.1, 0.15) is 5.75 Å². The highest BCUT2D eigenvalue weighted by molar-refractivity contribution is 6.01. The highest BCUT2D eigenvalue weighted by atomic mass is 19.1. The van der Waals surface area contributed by atoms with Gasteiger partial charge in [-0.2, -0.15) is 4.98 Å². The zero-order chi connectivity index (χ0) is 25.2. The number of methoxy groups -OCH3 is 2. The van der Waals surface area contributed by atoms with E-state index in [1.165, 1.54) is 19.2 Å². The molecule has 2 amide bonds. The van der Waals surface area contributed by atoms with Crippen LogP contribution in [0.25, 0.3) is 17.0 Å². The summed E-state index contributed by atoms with van der Waals surface area (Å²) in [5.74, 6) is 0.696. The highest BCUT2D eigenvalue weighted by Crippen LogP contribution is 2.39. The van der Waals surface area contributed by atoms with Crippen molar-refractivity contribution in [3.63, 3.8) is 0 Å². The molecule has 0 radical (unpaired) electrons. The Balaban J connectivity index is 1.62. The number of amides is 2. The topological polar surface area (TPSA) is 89.7 Å². The molecule has 0 spiro atoms. The van der Waals surface area contributed by atoms with E-state index in [-0.39, 0.29) is 23.5 Å². The lowest BCUT2D eigenvalue weighted by Gasteiger charge is -2.35. The van der Waals surface area contributed by atoms with E-state index in [2.05, 4.69) is 15.5 Å². The summed E-state index contributed by atoms with van der Waals surface area (Å²) >= 11 is 0. The lowest BCUT2D eigenvalue weighted by atomic mass is 9.94. The zero-order valence-electron chi connectivity index (χ0n) is 19.9. The number of urea groups is 1. The number of anilines is 1. The Morgan fingerprint density at radius 2 is 1.75 bits per heavy atom. The molecular formula is C27H23FN4O4. The van der Waals surface area contributed by atoms with Crippen LogP contribution in [-0.4, -0.2) is 30.4 Å². The lowest BCUT2D eigenvalue weighted by molar-refractivity contribution is 0.244. The van der Waals surface area contributed by atoms with Crippen molar-refractivity contribution in [2.75, 3.05) is 19.1 Å². The van der Waals surface area contributed by atoms with Gasteiger partial charge in [0.2, 0.25) is 5.82 Å². The smallest absolute Gasteiger partial charge is 0.326 e. The van der Waals surface area contributed by atoms with Crippen molar-refractivity contribution >= 4 is 17.3 Å². The molecule has 5 rings (SSSR count). The second-order valence-corrected chi connectivity index (χ2v) is 8.10. The van der Waals surface area contributed by atoms with Crippen LogP contribution < -0.4 is 19.7 Å². The summed E-state index contributed by atoms with van der Waals surface area (Å²) in [6.45, 7) is 1.83. The molecule has 9 heteroatoms. The summed E-state index contributed by atoms with van der Waals surface area (Å²) in [5, 5.41) is 7.14. The molecule has 4 aromatic rings. The Kier molecular flexibility index (Phi) is 6.12. The number of carbonyl (C=O) groups is 1. The van der Waals surface area contributed by atoms with Crippen LogP contribution in [-0.2, 0) is 0 Å². The minimum atomic E-state index is -0.565. The number of benzene rings is 3. The Morgan fingerprint density at radius 3 is 2.42 bits per heavy atom. The standard InChI is InChI=1S/C27H23FN4O4/c1-16-23(26-30-25(31-36-26)18-11-14-22(35-3)21(28)15-18)24(17-9-12-20(34-2)13-10-17)29-27(33)32(16)19-7-5-4-6-8-19/h4-15,24H,1-3H3,(H,29,33). The first-order valence-electron chi connectivity index (χ1n) is 11.2. The maximum atomic E-state index is 14.3. The van der Waals surface area contributed by atoms with E-state index in [0.717, 1.165) is 5.56 Å². The first kappa shape index (κ1) is 23.1. The van der Waals surface area contributed by atoms with E-state index in [1.54, 1.807) is 18.1 Å². The third kappa shape index (κ3) is 4.15. The van der Waals surface area contributed by atoms with E-state index < -0.39 is 11.9 Å². The monoisotopic (exact) mass is 486 g/mol. The SMILES string of the molecule is COc1ccc(C2NC(=O)N(c3ccccc3)C(C)=C2c2nc(-c3ccc(OC)c(F)c3)no2)cc1. The Morgan fingerprint density at radius 1 is 1.00 bits per heavy atom. The first-order valence-corrected chi connectivity index (χ1v) is 11.2. The van der Waals surface area contributed by atoms with E-state index in [0.29, 0.717) is 28.3 Å². The number of hydrogen-bond donors (Lipinski definition) is 1. The molecule has 1 aromatic heterocycles. The van der Waals surface area contributed by atoms with Crippen molar-refractivity contribution in [3.05, 3.63) is 95.8 Å². The number of carbonyl (C=O) groups excluding carboxylic acids is 1. The second-order valence-electron chi connectivity index (χ2n) is 8.10. The summed E-state index contributed by atoms with van der Waals surface area (Å²) in [6.07, 6.45) is 0. The Hall–Kier alpha value is -4.66. The fraction of sp³-hybridized carbons (Fsp3) is 0.148. The van der Waals surface area contributed by atoms with Gasteiger partial charge in [0.25, 0.3) is 5.89 Å². The number of aromatic nitrogens is 2. The number of rotatable bonds is 6. The van der Waals surface area contributed by atoms with Crippen molar-refractivity contribution in [2.45, 2.75) is 13.0 Å². The van der Waals surface area contributed by atoms with E-state index in [4.69, 9.17) is 14.0 Å². The largest absolute Gasteiger partial charge is 0.497 e. The summed E-state index contributed by atoms with van der Waals surface area (Å²) < 4.78 is 30.2. The van der Waals surface area contributed by atoms with Gasteiger partial charge in [-0.1, -0.05) is 35.5 Å². The molecule has 1 unspecified atom stereocenters. The Bertz CT molecular complexity index is 1430. The van der Waals surface area contributed by atoms with E-state index in [1.807, 2.05) is 61.5 Å². The summed E-state index contributed by atoms with van der Waals surface area (Å²) in [7, 11) is 2.99. The van der Waals surface area contributed by atoms with Gasteiger partial charge in [-0.25, -0.2) is 9.18 Å². The number of nitrogens with zero attached hydrogens (tertiary/aromatic N) is 3. The van der Waals surface area contributed by atoms with Crippen LogP contribution in [0.2, 0.25) is 0 Å². The average molecular weight is 487 g/mol.